The van der Waals surface area contributed by atoms with Crippen molar-refractivity contribution in [2.75, 3.05) is 17.6 Å². The van der Waals surface area contributed by atoms with Crippen molar-refractivity contribution in [2.45, 2.75) is 33.4 Å². The number of nitrogens with one attached hydrogen (secondary N) is 1. The van der Waals surface area contributed by atoms with Crippen LogP contribution in [0.25, 0.3) is 22.5 Å². The molecule has 0 unspecified atom stereocenters. The summed E-state index contributed by atoms with van der Waals surface area (Å²) in [7, 11) is 0. The fourth-order valence-electron chi connectivity index (χ4n) is 3.41. The minimum absolute atomic E-state index is 0.0414. The lowest BCUT2D eigenvalue weighted by Crippen LogP contribution is -2.20. The molecule has 0 fully saturated rings. The van der Waals surface area contributed by atoms with Crippen LogP contribution >= 0.6 is 0 Å². The number of rotatable bonds is 2. The molecule has 0 aliphatic carbocycles. The van der Waals surface area contributed by atoms with Gasteiger partial charge in [0, 0.05) is 30.4 Å². The third-order valence-corrected chi connectivity index (χ3v) is 4.65. The summed E-state index contributed by atoms with van der Waals surface area (Å²) in [6, 6.07) is 4.99. The minimum atomic E-state index is -0.729. The fraction of sp³-hybridized carbons (Fsp3) is 0.300. The molecule has 8 nitrogen and oxygen atoms in total. The van der Waals surface area contributed by atoms with E-state index < -0.39 is 11.9 Å². The molecular formula is C20H21FN6O2. The Hall–Kier alpha value is -3.49. The lowest BCUT2D eigenvalue weighted by molar-refractivity contribution is 0.124. The zero-order valence-electron chi connectivity index (χ0n) is 16.4. The SMILES string of the molecule is Cc1cc(F)c(N)cc1-c1cc2cnc(=NC(=O)OC(C)C)nc-2n2c1NCC2. The predicted octanol–water partition coefficient (Wildman–Crippen LogP) is 2.95. The summed E-state index contributed by atoms with van der Waals surface area (Å²) in [5.74, 6) is 1.06. The van der Waals surface area contributed by atoms with Gasteiger partial charge in [0.05, 0.1) is 11.8 Å². The first-order chi connectivity index (χ1) is 13.8. The Balaban J connectivity index is 1.88. The molecule has 0 bridgehead atoms. The summed E-state index contributed by atoms with van der Waals surface area (Å²) < 4.78 is 20.8. The molecule has 150 valence electrons. The van der Waals surface area contributed by atoms with Crippen LogP contribution in [0.1, 0.15) is 19.4 Å². The number of nitrogen functional groups attached to an aromatic ring is 1. The second-order valence-corrected chi connectivity index (χ2v) is 7.17. The van der Waals surface area contributed by atoms with Crippen molar-refractivity contribution in [3.05, 3.63) is 41.4 Å². The molecule has 3 heterocycles. The molecule has 1 aromatic carbocycles. The van der Waals surface area contributed by atoms with E-state index in [4.69, 9.17) is 10.5 Å². The van der Waals surface area contributed by atoms with E-state index in [-0.39, 0.29) is 17.4 Å². The average Bonchev–Trinajstić information content (AvgIpc) is 3.14. The standard InChI is InChI=1S/C20H21FN6O2/c1-10(2)29-20(28)26-19-24-9-12-7-14(13-8-16(22)15(21)6-11(13)3)18-23-4-5-27(18)17(12)25-19/h6-10,23H,4-5,22H2,1-3H3. The van der Waals surface area contributed by atoms with Crippen LogP contribution in [0.3, 0.4) is 0 Å². The van der Waals surface area contributed by atoms with Crippen LogP contribution in [-0.2, 0) is 11.3 Å². The first-order valence-electron chi connectivity index (χ1n) is 9.29. The number of nitrogens with two attached hydrogens (primary N) is 1. The molecule has 0 spiro atoms. The molecule has 3 aliphatic rings. The molecular weight excluding hydrogens is 375 g/mol. The first-order valence-corrected chi connectivity index (χ1v) is 9.29. The van der Waals surface area contributed by atoms with E-state index >= 15 is 0 Å². The van der Waals surface area contributed by atoms with E-state index in [1.54, 1.807) is 26.1 Å². The Morgan fingerprint density at radius 3 is 2.90 bits per heavy atom. The minimum Gasteiger partial charge on any atom is -0.445 e. The van der Waals surface area contributed by atoms with Crippen LogP contribution in [-0.4, -0.2) is 33.3 Å². The molecule has 1 amide bonds. The molecule has 0 aromatic heterocycles. The van der Waals surface area contributed by atoms with Crippen molar-refractivity contribution < 1.29 is 13.9 Å². The molecule has 1 aromatic rings. The predicted molar refractivity (Wildman–Crippen MR) is 107 cm³/mol. The maximum absolute atomic E-state index is 13.8. The van der Waals surface area contributed by atoms with Gasteiger partial charge in [-0.25, -0.2) is 14.2 Å². The molecule has 0 atom stereocenters. The van der Waals surface area contributed by atoms with E-state index in [1.165, 1.54) is 6.07 Å². The van der Waals surface area contributed by atoms with Gasteiger partial charge < -0.3 is 20.4 Å². The molecule has 0 saturated carbocycles. The zero-order valence-corrected chi connectivity index (χ0v) is 16.4. The number of carbonyl (C=O) groups excluding carboxylic acids is 1. The number of anilines is 2. The fourth-order valence-corrected chi connectivity index (χ4v) is 3.41. The maximum atomic E-state index is 13.8. The van der Waals surface area contributed by atoms with Gasteiger partial charge in [0.2, 0.25) is 0 Å². The molecule has 0 radical (unpaired) electrons. The lowest BCUT2D eigenvalue weighted by Gasteiger charge is -2.18. The van der Waals surface area contributed by atoms with E-state index in [0.717, 1.165) is 28.1 Å². The molecule has 4 rings (SSSR count). The number of ether oxygens (including phenoxy) is 1. The van der Waals surface area contributed by atoms with Gasteiger partial charge in [-0.1, -0.05) is 0 Å². The lowest BCUT2D eigenvalue weighted by atomic mass is 9.98. The third-order valence-electron chi connectivity index (χ3n) is 4.65. The number of fused-ring (bicyclic) bond motifs is 3. The van der Waals surface area contributed by atoms with E-state index in [9.17, 15) is 9.18 Å². The Morgan fingerprint density at radius 2 is 2.14 bits per heavy atom. The molecule has 3 aliphatic heterocycles. The van der Waals surface area contributed by atoms with E-state index in [0.29, 0.717) is 18.9 Å². The van der Waals surface area contributed by atoms with Gasteiger partial charge in [-0.3, -0.25) is 0 Å². The summed E-state index contributed by atoms with van der Waals surface area (Å²) in [5.41, 5.74) is 9.19. The van der Waals surface area contributed by atoms with Crippen LogP contribution in [0, 0.1) is 12.7 Å². The van der Waals surface area contributed by atoms with Crippen LogP contribution in [0.2, 0.25) is 0 Å². The van der Waals surface area contributed by atoms with Gasteiger partial charge in [-0.2, -0.15) is 4.98 Å². The first kappa shape index (κ1) is 18.9. The zero-order chi connectivity index (χ0) is 20.7. The highest BCUT2D eigenvalue weighted by atomic mass is 19.1. The van der Waals surface area contributed by atoms with Crippen LogP contribution in [0.15, 0.2) is 29.4 Å². The summed E-state index contributed by atoms with van der Waals surface area (Å²) in [4.78, 5) is 24.2. The quantitative estimate of drug-likeness (QED) is 0.645. The number of benzene rings is 1. The Labute approximate surface area is 166 Å². The monoisotopic (exact) mass is 396 g/mol. The van der Waals surface area contributed by atoms with Crippen LogP contribution < -0.4 is 16.7 Å². The number of hydrogen-bond donors (Lipinski definition) is 2. The van der Waals surface area contributed by atoms with E-state index in [1.807, 2.05) is 17.6 Å². The van der Waals surface area contributed by atoms with Gasteiger partial charge in [-0.15, -0.1) is 4.99 Å². The number of nitrogens with zero attached hydrogens (tertiary/aromatic N) is 4. The van der Waals surface area contributed by atoms with Crippen molar-refractivity contribution in [1.82, 2.24) is 14.5 Å². The van der Waals surface area contributed by atoms with Crippen molar-refractivity contribution in [3.63, 3.8) is 0 Å². The van der Waals surface area contributed by atoms with Crippen molar-refractivity contribution >= 4 is 17.6 Å². The highest BCUT2D eigenvalue weighted by molar-refractivity contribution is 5.85. The largest absolute Gasteiger partial charge is 0.445 e. The Morgan fingerprint density at radius 1 is 1.34 bits per heavy atom. The van der Waals surface area contributed by atoms with E-state index in [2.05, 4.69) is 20.3 Å². The third kappa shape index (κ3) is 3.51. The highest BCUT2D eigenvalue weighted by Gasteiger charge is 2.23. The summed E-state index contributed by atoms with van der Waals surface area (Å²) in [5, 5.41) is 3.35. The van der Waals surface area contributed by atoms with Crippen LogP contribution in [0.5, 0.6) is 0 Å². The topological polar surface area (TPSA) is 107 Å². The number of carbonyl (C=O) groups is 1. The molecule has 3 N–H and O–H groups in total. The number of hydrogen-bond acceptors (Lipinski definition) is 6. The molecule has 29 heavy (non-hydrogen) atoms. The number of amides is 1. The van der Waals surface area contributed by atoms with Crippen molar-refractivity contribution in [2.24, 2.45) is 4.99 Å². The number of halogens is 1. The molecule has 0 saturated heterocycles. The van der Waals surface area contributed by atoms with Gasteiger partial charge in [0.15, 0.2) is 0 Å². The smallest absolute Gasteiger partial charge is 0.437 e. The maximum Gasteiger partial charge on any atom is 0.437 e. The second kappa shape index (κ2) is 7.16. The van der Waals surface area contributed by atoms with Gasteiger partial charge in [-0.05, 0) is 50.1 Å². The summed E-state index contributed by atoms with van der Waals surface area (Å²) >= 11 is 0. The number of aryl methyl sites for hydroxylation is 1. The molecule has 9 heteroatoms. The van der Waals surface area contributed by atoms with Crippen molar-refractivity contribution in [3.8, 4) is 22.5 Å². The highest BCUT2D eigenvalue weighted by Crippen LogP contribution is 2.38. The average molecular weight is 396 g/mol. The van der Waals surface area contributed by atoms with Gasteiger partial charge in [0.25, 0.3) is 5.62 Å². The normalized spacial score (nSPS) is 13.6. The summed E-state index contributed by atoms with van der Waals surface area (Å²) in [6.45, 7) is 6.73. The van der Waals surface area contributed by atoms with Crippen molar-refractivity contribution in [1.29, 1.82) is 0 Å². The Kier molecular flexibility index (Phi) is 4.65. The van der Waals surface area contributed by atoms with Gasteiger partial charge in [0.1, 0.15) is 17.5 Å². The number of pyridine rings is 1. The number of aromatic nitrogens is 3. The van der Waals surface area contributed by atoms with Gasteiger partial charge >= 0.3 is 6.09 Å². The summed E-state index contributed by atoms with van der Waals surface area (Å²) in [6.07, 6.45) is 0.609. The second-order valence-electron chi connectivity index (χ2n) is 7.17. The Bertz CT molecular complexity index is 1150. The van der Waals surface area contributed by atoms with Crippen LogP contribution in [0.4, 0.5) is 20.7 Å².